The summed E-state index contributed by atoms with van der Waals surface area (Å²) < 4.78 is 0. The van der Waals surface area contributed by atoms with Crippen molar-refractivity contribution < 1.29 is 0 Å². The lowest BCUT2D eigenvalue weighted by molar-refractivity contribution is 0.0575. The molecule has 0 heterocycles. The van der Waals surface area contributed by atoms with E-state index in [4.69, 9.17) is 0 Å². The van der Waals surface area contributed by atoms with E-state index >= 15 is 0 Å². The van der Waals surface area contributed by atoms with E-state index < -0.39 is 0 Å². The molecule has 2 rings (SSSR count). The molecule has 0 saturated heterocycles. The molecule has 2 fully saturated rings. The highest BCUT2D eigenvalue weighted by atomic mass is 14.4. The van der Waals surface area contributed by atoms with Crippen molar-refractivity contribution in [2.75, 3.05) is 0 Å². The quantitative estimate of drug-likeness (QED) is 0.515. The van der Waals surface area contributed by atoms with Gasteiger partial charge in [-0.3, -0.25) is 0 Å². The zero-order valence-corrected chi connectivity index (χ0v) is 10.9. The normalized spacial score (nSPS) is 28.2. The van der Waals surface area contributed by atoms with Gasteiger partial charge in [-0.2, -0.15) is 0 Å². The molecule has 0 aromatic heterocycles. The van der Waals surface area contributed by atoms with Crippen LogP contribution in [0, 0.1) is 16.7 Å². The van der Waals surface area contributed by atoms with Gasteiger partial charge in [-0.05, 0) is 55.3 Å². The molecule has 0 bridgehead atoms. The van der Waals surface area contributed by atoms with Gasteiger partial charge >= 0.3 is 0 Å². The Kier molecular flexibility index (Phi) is 3.14. The van der Waals surface area contributed by atoms with Gasteiger partial charge in [0, 0.05) is 0 Å². The first-order valence-corrected chi connectivity index (χ1v) is 7.02. The fraction of sp³-hybridized carbons (Fsp3) is 1.00. The molecular formula is C15H28. The van der Waals surface area contributed by atoms with Crippen LogP contribution in [0.15, 0.2) is 0 Å². The highest BCUT2D eigenvalue weighted by Crippen LogP contribution is 2.51. The van der Waals surface area contributed by atoms with E-state index in [0.29, 0.717) is 5.41 Å². The van der Waals surface area contributed by atoms with Crippen LogP contribution in [-0.4, -0.2) is 0 Å². The maximum absolute atomic E-state index is 2.43. The maximum Gasteiger partial charge on any atom is -0.0297 e. The monoisotopic (exact) mass is 208 g/mol. The van der Waals surface area contributed by atoms with Gasteiger partial charge in [0.15, 0.2) is 0 Å². The van der Waals surface area contributed by atoms with Crippen LogP contribution in [0.4, 0.5) is 0 Å². The molecular weight excluding hydrogens is 180 g/mol. The van der Waals surface area contributed by atoms with E-state index in [0.717, 1.165) is 11.3 Å². The topological polar surface area (TPSA) is 0 Å². The Bertz CT molecular complexity index is 193. The first-order chi connectivity index (χ1) is 7.02. The molecule has 0 unspecified atom stereocenters. The second-order valence-corrected chi connectivity index (χ2v) is 7.20. The fourth-order valence-corrected chi connectivity index (χ4v) is 3.90. The van der Waals surface area contributed by atoms with Crippen LogP contribution >= 0.6 is 0 Å². The van der Waals surface area contributed by atoms with Gasteiger partial charge in [0.25, 0.3) is 0 Å². The fourth-order valence-electron chi connectivity index (χ4n) is 3.90. The van der Waals surface area contributed by atoms with Crippen molar-refractivity contribution in [3.8, 4) is 0 Å². The summed E-state index contributed by atoms with van der Waals surface area (Å²) in [6, 6.07) is 0. The SMILES string of the molecule is CC(C)(C)C1CCC2(CCCCC2)CC1. The number of rotatable bonds is 0. The first kappa shape index (κ1) is 11.5. The summed E-state index contributed by atoms with van der Waals surface area (Å²) >= 11 is 0. The van der Waals surface area contributed by atoms with Crippen molar-refractivity contribution in [1.82, 2.24) is 0 Å². The third-order valence-electron chi connectivity index (χ3n) is 5.19. The summed E-state index contributed by atoms with van der Waals surface area (Å²) in [6.45, 7) is 7.28. The Balaban J connectivity index is 1.91. The lowest BCUT2D eigenvalue weighted by atomic mass is 9.60. The van der Waals surface area contributed by atoms with Crippen molar-refractivity contribution in [2.24, 2.45) is 16.7 Å². The molecule has 0 aliphatic heterocycles. The molecule has 15 heavy (non-hydrogen) atoms. The molecule has 0 amide bonds. The second-order valence-electron chi connectivity index (χ2n) is 7.20. The predicted molar refractivity (Wildman–Crippen MR) is 66.9 cm³/mol. The highest BCUT2D eigenvalue weighted by molar-refractivity contribution is 4.90. The molecule has 0 N–H and O–H groups in total. The number of hydrogen-bond donors (Lipinski definition) is 0. The van der Waals surface area contributed by atoms with Crippen molar-refractivity contribution in [1.29, 1.82) is 0 Å². The average Bonchev–Trinajstić information content (AvgIpc) is 2.18. The molecule has 2 aliphatic rings. The van der Waals surface area contributed by atoms with E-state index in [1.54, 1.807) is 12.8 Å². The van der Waals surface area contributed by atoms with Crippen molar-refractivity contribution in [2.45, 2.75) is 78.6 Å². The van der Waals surface area contributed by atoms with Gasteiger partial charge in [-0.1, -0.05) is 40.0 Å². The van der Waals surface area contributed by atoms with Crippen molar-refractivity contribution in [3.05, 3.63) is 0 Å². The van der Waals surface area contributed by atoms with Crippen LogP contribution in [0.2, 0.25) is 0 Å². The maximum atomic E-state index is 2.43. The highest BCUT2D eigenvalue weighted by Gasteiger charge is 2.38. The van der Waals surface area contributed by atoms with Crippen molar-refractivity contribution >= 4 is 0 Å². The Morgan fingerprint density at radius 3 is 1.80 bits per heavy atom. The van der Waals surface area contributed by atoms with Gasteiger partial charge < -0.3 is 0 Å². The van der Waals surface area contributed by atoms with E-state index in [-0.39, 0.29) is 0 Å². The van der Waals surface area contributed by atoms with Crippen LogP contribution in [0.25, 0.3) is 0 Å². The zero-order valence-electron chi connectivity index (χ0n) is 10.9. The summed E-state index contributed by atoms with van der Waals surface area (Å²) in [7, 11) is 0. The molecule has 0 aromatic carbocycles. The van der Waals surface area contributed by atoms with Gasteiger partial charge in [-0.15, -0.1) is 0 Å². The molecule has 0 radical (unpaired) electrons. The predicted octanol–water partition coefficient (Wildman–Crippen LogP) is 5.17. The lowest BCUT2D eigenvalue weighted by Gasteiger charge is -2.46. The summed E-state index contributed by atoms with van der Waals surface area (Å²) in [4.78, 5) is 0. The van der Waals surface area contributed by atoms with Crippen LogP contribution in [0.1, 0.15) is 78.6 Å². The summed E-state index contributed by atoms with van der Waals surface area (Å²) in [5, 5.41) is 0. The smallest absolute Gasteiger partial charge is 0.0297 e. The summed E-state index contributed by atoms with van der Waals surface area (Å²) in [5.74, 6) is 0.991. The Hall–Kier alpha value is 0. The second kappa shape index (κ2) is 4.11. The zero-order chi connectivity index (χ0) is 10.9. The molecule has 0 nitrogen and oxygen atoms in total. The first-order valence-electron chi connectivity index (χ1n) is 7.02. The van der Waals surface area contributed by atoms with Crippen molar-refractivity contribution in [3.63, 3.8) is 0 Å². The van der Waals surface area contributed by atoms with E-state index in [1.807, 2.05) is 0 Å². The molecule has 1 spiro atoms. The largest absolute Gasteiger partial charge is 0.0599 e. The van der Waals surface area contributed by atoms with E-state index in [9.17, 15) is 0 Å². The van der Waals surface area contributed by atoms with Crippen LogP contribution in [0.5, 0.6) is 0 Å². The lowest BCUT2D eigenvalue weighted by Crippen LogP contribution is -2.33. The minimum atomic E-state index is 0.552. The molecule has 88 valence electrons. The van der Waals surface area contributed by atoms with Gasteiger partial charge in [0.2, 0.25) is 0 Å². The summed E-state index contributed by atoms with van der Waals surface area (Å²) in [6.07, 6.45) is 13.7. The van der Waals surface area contributed by atoms with Crippen LogP contribution in [0.3, 0.4) is 0 Å². The molecule has 0 heteroatoms. The third-order valence-corrected chi connectivity index (χ3v) is 5.19. The Labute approximate surface area is 95.8 Å². The third kappa shape index (κ3) is 2.57. The van der Waals surface area contributed by atoms with Gasteiger partial charge in [0.1, 0.15) is 0 Å². The molecule has 0 atom stereocenters. The Morgan fingerprint density at radius 2 is 1.33 bits per heavy atom. The summed E-state index contributed by atoms with van der Waals surface area (Å²) in [5.41, 5.74) is 1.36. The van der Waals surface area contributed by atoms with Crippen LogP contribution in [-0.2, 0) is 0 Å². The minimum Gasteiger partial charge on any atom is -0.0599 e. The number of hydrogen-bond acceptors (Lipinski definition) is 0. The van der Waals surface area contributed by atoms with E-state index in [2.05, 4.69) is 20.8 Å². The molecule has 0 aromatic rings. The molecule has 2 aliphatic carbocycles. The van der Waals surface area contributed by atoms with Gasteiger partial charge in [0.05, 0.1) is 0 Å². The standard InChI is InChI=1S/C15H28/c1-14(2,3)13-7-11-15(12-8-13)9-5-4-6-10-15/h13H,4-12H2,1-3H3. The van der Waals surface area contributed by atoms with E-state index in [1.165, 1.54) is 44.9 Å². The van der Waals surface area contributed by atoms with Crippen LogP contribution < -0.4 is 0 Å². The average molecular weight is 208 g/mol. The molecule has 2 saturated carbocycles. The van der Waals surface area contributed by atoms with Gasteiger partial charge in [-0.25, -0.2) is 0 Å². The Morgan fingerprint density at radius 1 is 0.800 bits per heavy atom. The minimum absolute atomic E-state index is 0.552.